The molecule has 2 aromatic rings. The Morgan fingerprint density at radius 1 is 1.42 bits per heavy atom. The molecule has 9 nitrogen and oxygen atoms in total. The molecule has 1 N–H and O–H groups in total. The van der Waals surface area contributed by atoms with Gasteiger partial charge in [-0.1, -0.05) is 0 Å². The molecule has 2 heterocycles. The lowest BCUT2D eigenvalue weighted by Crippen LogP contribution is -2.37. The summed E-state index contributed by atoms with van der Waals surface area (Å²) in [7, 11) is 1.62. The predicted molar refractivity (Wildman–Crippen MR) is 88.1 cm³/mol. The summed E-state index contributed by atoms with van der Waals surface area (Å²) in [6.07, 6.45) is 3.21. The van der Waals surface area contributed by atoms with Gasteiger partial charge in [-0.2, -0.15) is 0 Å². The maximum atomic E-state index is 12.3. The Morgan fingerprint density at radius 2 is 2.12 bits per heavy atom. The highest BCUT2D eigenvalue weighted by Gasteiger charge is 2.24. The first-order valence-electron chi connectivity index (χ1n) is 7.62. The highest BCUT2D eigenvalue weighted by atomic mass is 16.6. The Bertz CT molecular complexity index is 857. The summed E-state index contributed by atoms with van der Waals surface area (Å²) in [5.41, 5.74) is -0.0545. The van der Waals surface area contributed by atoms with E-state index in [2.05, 4.69) is 9.97 Å². The molecule has 0 unspecified atom stereocenters. The van der Waals surface area contributed by atoms with E-state index in [9.17, 15) is 19.7 Å². The van der Waals surface area contributed by atoms with Gasteiger partial charge in [0.1, 0.15) is 5.69 Å². The third kappa shape index (κ3) is 2.92. The minimum atomic E-state index is -0.557. The second-order valence-electron chi connectivity index (χ2n) is 5.79. The zero-order chi connectivity index (χ0) is 17.3. The van der Waals surface area contributed by atoms with Crippen LogP contribution in [0.2, 0.25) is 0 Å². The molecule has 0 bridgehead atoms. The molecule has 0 radical (unpaired) electrons. The van der Waals surface area contributed by atoms with E-state index in [4.69, 9.17) is 0 Å². The first-order valence-corrected chi connectivity index (χ1v) is 7.62. The Kier molecular flexibility index (Phi) is 4.15. The number of H-pyrrole nitrogens is 1. The number of likely N-dealkylation sites (N-methyl/N-ethyl adjacent to an activating group) is 1. The second kappa shape index (κ2) is 6.26. The molecule has 0 spiro atoms. The zero-order valence-electron chi connectivity index (χ0n) is 13.2. The summed E-state index contributed by atoms with van der Waals surface area (Å²) in [6.45, 7) is 1.49. The molecule has 9 heteroatoms. The Morgan fingerprint density at radius 3 is 2.79 bits per heavy atom. The summed E-state index contributed by atoms with van der Waals surface area (Å²) in [5.74, 6) is -0.0664. The van der Waals surface area contributed by atoms with Gasteiger partial charge in [-0.15, -0.1) is 0 Å². The lowest BCUT2D eigenvalue weighted by molar-refractivity contribution is -0.384. The van der Waals surface area contributed by atoms with Crippen LogP contribution in [-0.4, -0.2) is 52.4 Å². The number of aromatic nitrogens is 2. The minimum absolute atomic E-state index is 0.0372. The first-order chi connectivity index (χ1) is 11.5. The molecule has 24 heavy (non-hydrogen) atoms. The summed E-state index contributed by atoms with van der Waals surface area (Å²) >= 11 is 0. The number of rotatable bonds is 4. The standard InChI is InChI=1S/C15H17N5O4/c1-18(8-14(21)19-4-2-3-5-19)12-7-11-10(6-13(12)20(23)24)15(22)17-9-16-11/h6-7,9H,2-5,8H2,1H3,(H,16,17,22). The van der Waals surface area contributed by atoms with Crippen molar-refractivity contribution in [1.82, 2.24) is 14.9 Å². The Hall–Kier alpha value is -2.97. The maximum absolute atomic E-state index is 12.3. The molecule has 1 aliphatic rings. The molecule has 3 rings (SSSR count). The molecule has 1 aromatic carbocycles. The third-order valence-electron chi connectivity index (χ3n) is 4.18. The summed E-state index contributed by atoms with van der Waals surface area (Å²) in [6, 6.07) is 2.67. The largest absolute Gasteiger partial charge is 0.360 e. The fourth-order valence-electron chi connectivity index (χ4n) is 2.90. The van der Waals surface area contributed by atoms with Gasteiger partial charge in [0.25, 0.3) is 11.2 Å². The fraction of sp³-hybridized carbons (Fsp3) is 0.400. The summed E-state index contributed by atoms with van der Waals surface area (Å²) in [4.78, 5) is 44.6. The number of amides is 1. The fourth-order valence-corrected chi connectivity index (χ4v) is 2.90. The van der Waals surface area contributed by atoms with Crippen LogP contribution in [0.3, 0.4) is 0 Å². The minimum Gasteiger partial charge on any atom is -0.360 e. The maximum Gasteiger partial charge on any atom is 0.293 e. The number of anilines is 1. The molecule has 1 amide bonds. The molecule has 1 saturated heterocycles. The highest BCUT2D eigenvalue weighted by Crippen LogP contribution is 2.30. The van der Waals surface area contributed by atoms with Gasteiger partial charge in [-0.25, -0.2) is 4.98 Å². The molecule has 1 aliphatic heterocycles. The van der Waals surface area contributed by atoms with E-state index in [1.54, 1.807) is 11.9 Å². The van der Waals surface area contributed by atoms with Crippen molar-refractivity contribution in [2.24, 2.45) is 0 Å². The van der Waals surface area contributed by atoms with Gasteiger partial charge < -0.3 is 14.8 Å². The summed E-state index contributed by atoms with van der Waals surface area (Å²) < 4.78 is 0. The van der Waals surface area contributed by atoms with Gasteiger partial charge in [-0.05, 0) is 18.9 Å². The lowest BCUT2D eigenvalue weighted by atomic mass is 10.1. The number of hydrogen-bond donors (Lipinski definition) is 1. The molecule has 0 aliphatic carbocycles. The van der Waals surface area contributed by atoms with Crippen molar-refractivity contribution < 1.29 is 9.72 Å². The van der Waals surface area contributed by atoms with Crippen LogP contribution in [0.15, 0.2) is 23.3 Å². The third-order valence-corrected chi connectivity index (χ3v) is 4.18. The topological polar surface area (TPSA) is 112 Å². The SMILES string of the molecule is CN(CC(=O)N1CCCC1)c1cc2nc[nH]c(=O)c2cc1[N+](=O)[O-]. The number of carbonyl (C=O) groups excluding carboxylic acids is 1. The van der Waals surface area contributed by atoms with Crippen LogP contribution in [0.4, 0.5) is 11.4 Å². The number of nitrogens with one attached hydrogen (secondary N) is 1. The number of carbonyl (C=O) groups is 1. The van der Waals surface area contributed by atoms with Crippen molar-refractivity contribution in [1.29, 1.82) is 0 Å². The number of fused-ring (bicyclic) bond motifs is 1. The normalized spacial score (nSPS) is 14.1. The number of hydrogen-bond acceptors (Lipinski definition) is 6. The Labute approximate surface area is 137 Å². The number of benzene rings is 1. The van der Waals surface area contributed by atoms with Gasteiger partial charge in [0.05, 0.1) is 28.7 Å². The van der Waals surface area contributed by atoms with E-state index in [1.807, 2.05) is 0 Å². The van der Waals surface area contributed by atoms with Crippen molar-refractivity contribution in [3.8, 4) is 0 Å². The van der Waals surface area contributed by atoms with Crippen molar-refractivity contribution in [3.05, 3.63) is 38.9 Å². The molecule has 1 aromatic heterocycles. The number of nitro benzene ring substituents is 1. The lowest BCUT2D eigenvalue weighted by Gasteiger charge is -2.22. The van der Waals surface area contributed by atoms with E-state index < -0.39 is 10.5 Å². The molecule has 0 saturated carbocycles. The summed E-state index contributed by atoms with van der Waals surface area (Å²) in [5, 5.41) is 11.5. The first kappa shape index (κ1) is 15.9. The molecule has 0 atom stereocenters. The predicted octanol–water partition coefficient (Wildman–Crippen LogP) is 0.890. The van der Waals surface area contributed by atoms with Gasteiger partial charge in [0, 0.05) is 26.2 Å². The van der Waals surface area contributed by atoms with Gasteiger partial charge in [0.15, 0.2) is 0 Å². The number of aromatic amines is 1. The second-order valence-corrected chi connectivity index (χ2v) is 5.79. The van der Waals surface area contributed by atoms with Crippen LogP contribution in [0.1, 0.15) is 12.8 Å². The van der Waals surface area contributed by atoms with Gasteiger partial charge >= 0.3 is 0 Å². The van der Waals surface area contributed by atoms with Crippen molar-refractivity contribution in [3.63, 3.8) is 0 Å². The molecular formula is C15H17N5O4. The van der Waals surface area contributed by atoms with Crippen LogP contribution in [0, 0.1) is 10.1 Å². The van der Waals surface area contributed by atoms with E-state index >= 15 is 0 Å². The average Bonchev–Trinajstić information content (AvgIpc) is 3.08. The van der Waals surface area contributed by atoms with Crippen LogP contribution in [-0.2, 0) is 4.79 Å². The zero-order valence-corrected chi connectivity index (χ0v) is 13.2. The highest BCUT2D eigenvalue weighted by molar-refractivity contribution is 5.89. The van der Waals surface area contributed by atoms with Crippen molar-refractivity contribution >= 4 is 28.2 Å². The smallest absolute Gasteiger partial charge is 0.293 e. The molecule has 1 fully saturated rings. The van der Waals surface area contributed by atoms with E-state index in [0.29, 0.717) is 5.52 Å². The van der Waals surface area contributed by atoms with Gasteiger partial charge in [0.2, 0.25) is 5.91 Å². The number of nitrogens with zero attached hydrogens (tertiary/aromatic N) is 4. The number of nitro groups is 1. The average molecular weight is 331 g/mol. The quantitative estimate of drug-likeness (QED) is 0.657. The van der Waals surface area contributed by atoms with Crippen molar-refractivity contribution in [2.45, 2.75) is 12.8 Å². The monoisotopic (exact) mass is 331 g/mol. The number of likely N-dealkylation sites (tertiary alicyclic amines) is 1. The Balaban J connectivity index is 1.97. The van der Waals surface area contributed by atoms with Crippen LogP contribution in [0.25, 0.3) is 10.9 Å². The van der Waals surface area contributed by atoms with Gasteiger partial charge in [-0.3, -0.25) is 19.7 Å². The van der Waals surface area contributed by atoms with Crippen LogP contribution < -0.4 is 10.5 Å². The molecule has 126 valence electrons. The van der Waals surface area contributed by atoms with E-state index in [-0.39, 0.29) is 29.2 Å². The van der Waals surface area contributed by atoms with Crippen LogP contribution in [0.5, 0.6) is 0 Å². The van der Waals surface area contributed by atoms with E-state index in [1.165, 1.54) is 23.4 Å². The van der Waals surface area contributed by atoms with Crippen LogP contribution >= 0.6 is 0 Å². The molecular weight excluding hydrogens is 314 g/mol. The van der Waals surface area contributed by atoms with E-state index in [0.717, 1.165) is 25.9 Å². The van der Waals surface area contributed by atoms with Crippen molar-refractivity contribution in [2.75, 3.05) is 31.6 Å².